The lowest BCUT2D eigenvalue weighted by Crippen LogP contribution is -2.25. The Labute approximate surface area is 119 Å². The number of carbonyl (C=O) groups excluding carboxylic acids is 1. The Balaban J connectivity index is 2.06. The Bertz CT molecular complexity index is 561. The lowest BCUT2D eigenvalue weighted by Gasteiger charge is -2.01. The summed E-state index contributed by atoms with van der Waals surface area (Å²) in [6.45, 7) is 4.58. The Kier molecular flexibility index (Phi) is 4.93. The first-order valence-electron chi connectivity index (χ1n) is 7.03. The maximum atomic E-state index is 12.0. The second-order valence-electron chi connectivity index (χ2n) is 4.75. The molecule has 0 saturated heterocycles. The molecule has 0 fully saturated rings. The number of carbonyl (C=O) groups is 1. The number of rotatable bonds is 6. The molecule has 0 radical (unpaired) electrons. The summed E-state index contributed by atoms with van der Waals surface area (Å²) < 4.78 is 5.58. The van der Waals surface area contributed by atoms with E-state index in [1.54, 1.807) is 6.92 Å². The van der Waals surface area contributed by atoms with Crippen LogP contribution in [-0.2, 0) is 0 Å². The Morgan fingerprint density at radius 2 is 2.00 bits per heavy atom. The van der Waals surface area contributed by atoms with Gasteiger partial charge >= 0.3 is 0 Å². The van der Waals surface area contributed by atoms with Crippen LogP contribution < -0.4 is 5.32 Å². The van der Waals surface area contributed by atoms with E-state index < -0.39 is 0 Å². The van der Waals surface area contributed by atoms with Crippen molar-refractivity contribution in [3.8, 4) is 11.5 Å². The first kappa shape index (κ1) is 14.3. The van der Waals surface area contributed by atoms with Gasteiger partial charge in [-0.1, -0.05) is 38.0 Å². The molecule has 4 heteroatoms. The van der Waals surface area contributed by atoms with Crippen LogP contribution in [0.3, 0.4) is 0 Å². The molecule has 2 aromatic rings. The minimum Gasteiger partial charge on any atom is -0.441 e. The summed E-state index contributed by atoms with van der Waals surface area (Å²) in [6, 6.07) is 9.59. The number of nitrogens with zero attached hydrogens (tertiary/aromatic N) is 1. The van der Waals surface area contributed by atoms with E-state index in [9.17, 15) is 4.79 Å². The maximum Gasteiger partial charge on any atom is 0.273 e. The molecule has 1 amide bonds. The summed E-state index contributed by atoms with van der Waals surface area (Å²) in [5, 5.41) is 2.88. The van der Waals surface area contributed by atoms with Gasteiger partial charge in [-0.05, 0) is 25.5 Å². The van der Waals surface area contributed by atoms with Gasteiger partial charge in [0.1, 0.15) is 5.76 Å². The highest BCUT2D eigenvalue weighted by Gasteiger charge is 2.17. The minimum absolute atomic E-state index is 0.162. The number of hydrogen-bond acceptors (Lipinski definition) is 3. The van der Waals surface area contributed by atoms with Crippen molar-refractivity contribution in [3.05, 3.63) is 41.8 Å². The van der Waals surface area contributed by atoms with Crippen molar-refractivity contribution in [1.82, 2.24) is 10.3 Å². The number of amides is 1. The average Bonchev–Trinajstić information content (AvgIpc) is 2.86. The smallest absolute Gasteiger partial charge is 0.273 e. The summed E-state index contributed by atoms with van der Waals surface area (Å²) in [7, 11) is 0. The van der Waals surface area contributed by atoms with Gasteiger partial charge in [-0.2, -0.15) is 0 Å². The SMILES string of the molecule is CCCCCNC(=O)c1nc(-c2ccccc2)oc1C. The second-order valence-corrected chi connectivity index (χ2v) is 4.75. The van der Waals surface area contributed by atoms with Gasteiger partial charge in [0, 0.05) is 12.1 Å². The summed E-state index contributed by atoms with van der Waals surface area (Å²) in [4.78, 5) is 16.3. The zero-order valence-corrected chi connectivity index (χ0v) is 12.0. The van der Waals surface area contributed by atoms with Crippen LogP contribution in [0.5, 0.6) is 0 Å². The quantitative estimate of drug-likeness (QED) is 0.818. The van der Waals surface area contributed by atoms with Gasteiger partial charge in [0.25, 0.3) is 5.91 Å². The van der Waals surface area contributed by atoms with E-state index in [-0.39, 0.29) is 5.91 Å². The molecule has 0 bridgehead atoms. The van der Waals surface area contributed by atoms with Crippen LogP contribution in [0.15, 0.2) is 34.7 Å². The van der Waals surface area contributed by atoms with Crippen molar-refractivity contribution in [2.75, 3.05) is 6.54 Å². The van der Waals surface area contributed by atoms with E-state index in [0.717, 1.165) is 24.8 Å². The van der Waals surface area contributed by atoms with Crippen molar-refractivity contribution >= 4 is 5.91 Å². The fourth-order valence-electron chi connectivity index (χ4n) is 1.97. The standard InChI is InChI=1S/C16H20N2O2/c1-3-4-8-11-17-15(19)14-12(2)20-16(18-14)13-9-6-5-7-10-13/h5-7,9-10H,3-4,8,11H2,1-2H3,(H,17,19). The molecule has 1 aromatic heterocycles. The van der Waals surface area contributed by atoms with Crippen LogP contribution in [0.2, 0.25) is 0 Å². The normalized spacial score (nSPS) is 10.5. The predicted octanol–water partition coefficient (Wildman–Crippen LogP) is 3.57. The number of aryl methyl sites for hydroxylation is 1. The van der Waals surface area contributed by atoms with Crippen molar-refractivity contribution in [2.24, 2.45) is 0 Å². The van der Waals surface area contributed by atoms with Crippen LogP contribution in [-0.4, -0.2) is 17.4 Å². The largest absolute Gasteiger partial charge is 0.441 e. The van der Waals surface area contributed by atoms with Gasteiger partial charge in [0.2, 0.25) is 5.89 Å². The third-order valence-electron chi connectivity index (χ3n) is 3.10. The molecule has 0 atom stereocenters. The Morgan fingerprint density at radius 3 is 2.70 bits per heavy atom. The lowest BCUT2D eigenvalue weighted by atomic mass is 10.2. The van der Waals surface area contributed by atoms with Crippen molar-refractivity contribution in [3.63, 3.8) is 0 Å². The van der Waals surface area contributed by atoms with Crippen molar-refractivity contribution < 1.29 is 9.21 Å². The zero-order chi connectivity index (χ0) is 14.4. The first-order chi connectivity index (χ1) is 9.72. The summed E-state index contributed by atoms with van der Waals surface area (Å²) >= 11 is 0. The van der Waals surface area contributed by atoms with Gasteiger partial charge in [-0.3, -0.25) is 4.79 Å². The highest BCUT2D eigenvalue weighted by atomic mass is 16.4. The van der Waals surface area contributed by atoms with Gasteiger partial charge in [0.15, 0.2) is 5.69 Å². The number of oxazole rings is 1. The van der Waals surface area contributed by atoms with Crippen molar-refractivity contribution in [1.29, 1.82) is 0 Å². The summed E-state index contributed by atoms with van der Waals surface area (Å²) in [6.07, 6.45) is 3.25. The zero-order valence-electron chi connectivity index (χ0n) is 12.0. The molecule has 106 valence electrons. The first-order valence-corrected chi connectivity index (χ1v) is 7.03. The topological polar surface area (TPSA) is 55.1 Å². The average molecular weight is 272 g/mol. The van der Waals surface area contributed by atoms with Gasteiger partial charge in [0.05, 0.1) is 0 Å². The van der Waals surface area contributed by atoms with E-state index >= 15 is 0 Å². The predicted molar refractivity (Wildman–Crippen MR) is 78.5 cm³/mol. The molecule has 4 nitrogen and oxygen atoms in total. The number of hydrogen-bond donors (Lipinski definition) is 1. The van der Waals surface area contributed by atoms with Crippen molar-refractivity contribution in [2.45, 2.75) is 33.1 Å². The fourth-order valence-corrected chi connectivity index (χ4v) is 1.97. The maximum absolute atomic E-state index is 12.0. The Hall–Kier alpha value is -2.10. The van der Waals surface area contributed by atoms with Crippen LogP contribution in [0.4, 0.5) is 0 Å². The van der Waals surface area contributed by atoms with E-state index in [2.05, 4.69) is 17.2 Å². The molecule has 0 saturated carbocycles. The van der Waals surface area contributed by atoms with E-state index in [4.69, 9.17) is 4.42 Å². The van der Waals surface area contributed by atoms with E-state index in [1.807, 2.05) is 30.3 Å². The van der Waals surface area contributed by atoms with Crippen LogP contribution in [0.1, 0.15) is 42.4 Å². The van der Waals surface area contributed by atoms with Crippen LogP contribution in [0.25, 0.3) is 11.5 Å². The number of nitrogens with one attached hydrogen (secondary N) is 1. The molecule has 0 unspecified atom stereocenters. The molecule has 0 aliphatic heterocycles. The third kappa shape index (κ3) is 3.47. The molecule has 0 aliphatic carbocycles. The van der Waals surface area contributed by atoms with Crippen LogP contribution in [0, 0.1) is 6.92 Å². The third-order valence-corrected chi connectivity index (χ3v) is 3.10. The minimum atomic E-state index is -0.162. The number of aromatic nitrogens is 1. The summed E-state index contributed by atoms with van der Waals surface area (Å²) in [5.41, 5.74) is 1.25. The van der Waals surface area contributed by atoms with Crippen LogP contribution >= 0.6 is 0 Å². The highest BCUT2D eigenvalue weighted by Crippen LogP contribution is 2.21. The fraction of sp³-hybridized carbons (Fsp3) is 0.375. The summed E-state index contributed by atoms with van der Waals surface area (Å²) in [5.74, 6) is 0.878. The van der Waals surface area contributed by atoms with Gasteiger partial charge in [-0.25, -0.2) is 4.98 Å². The number of unbranched alkanes of at least 4 members (excludes halogenated alkanes) is 2. The molecule has 20 heavy (non-hydrogen) atoms. The second kappa shape index (κ2) is 6.89. The van der Waals surface area contributed by atoms with Gasteiger partial charge < -0.3 is 9.73 Å². The molecule has 0 spiro atoms. The lowest BCUT2D eigenvalue weighted by molar-refractivity contribution is 0.0947. The molecular formula is C16H20N2O2. The van der Waals surface area contributed by atoms with E-state index in [0.29, 0.717) is 23.9 Å². The molecule has 1 aromatic carbocycles. The molecule has 0 aliphatic rings. The molecule has 1 N–H and O–H groups in total. The number of benzene rings is 1. The highest BCUT2D eigenvalue weighted by molar-refractivity contribution is 5.93. The van der Waals surface area contributed by atoms with E-state index in [1.165, 1.54) is 0 Å². The molecule has 2 rings (SSSR count). The molecular weight excluding hydrogens is 252 g/mol. The Morgan fingerprint density at radius 1 is 1.25 bits per heavy atom. The van der Waals surface area contributed by atoms with Gasteiger partial charge in [-0.15, -0.1) is 0 Å². The monoisotopic (exact) mass is 272 g/mol. The molecule has 1 heterocycles.